The van der Waals surface area contributed by atoms with Gasteiger partial charge in [0.25, 0.3) is 0 Å². The second-order valence-electron chi connectivity index (χ2n) is 8.36. The van der Waals surface area contributed by atoms with Gasteiger partial charge in [-0.1, -0.05) is 60.3 Å². The first-order valence-electron chi connectivity index (χ1n) is 11.3. The minimum atomic E-state index is -0.473. The average Bonchev–Trinajstić information content (AvgIpc) is 2.66. The number of hydrogen-bond donors (Lipinski definition) is 1. The molecule has 1 aromatic heterocycles. The fourth-order valence-electron chi connectivity index (χ4n) is 3.52. The molecule has 1 rings (SSSR count). The molecule has 4 heteroatoms. The number of hydrogen-bond acceptors (Lipinski definition) is 4. The maximum absolute atomic E-state index is 13.0. The summed E-state index contributed by atoms with van der Waals surface area (Å²) < 4.78 is 5.77. The molecule has 0 fully saturated rings. The van der Waals surface area contributed by atoms with Crippen LogP contribution in [0.4, 0.5) is 0 Å². The Bertz CT molecular complexity index is 657. The quantitative estimate of drug-likeness (QED) is 0.403. The van der Waals surface area contributed by atoms with Gasteiger partial charge >= 0.3 is 5.63 Å². The number of rotatable bonds is 14. The topological polar surface area (TPSA) is 67.5 Å². The van der Waals surface area contributed by atoms with Crippen LogP contribution in [0.25, 0.3) is 0 Å². The zero-order valence-electron chi connectivity index (χ0n) is 18.6. The molecule has 0 unspecified atom stereocenters. The molecular formula is C24H40O4. The molecule has 28 heavy (non-hydrogen) atoms. The Balaban J connectivity index is 3.39. The van der Waals surface area contributed by atoms with E-state index < -0.39 is 11.5 Å². The molecule has 0 saturated carbocycles. The first-order chi connectivity index (χ1) is 13.4. The van der Waals surface area contributed by atoms with Crippen LogP contribution in [0.15, 0.2) is 9.21 Å². The van der Waals surface area contributed by atoms with E-state index in [1.165, 1.54) is 0 Å². The predicted octanol–water partition coefficient (Wildman–Crippen LogP) is 6.31. The molecule has 1 atom stereocenters. The fraction of sp³-hybridized carbons (Fsp3) is 0.750. The minimum Gasteiger partial charge on any atom is -0.507 e. The first kappa shape index (κ1) is 24.5. The van der Waals surface area contributed by atoms with Crippen LogP contribution in [-0.4, -0.2) is 10.9 Å². The average molecular weight is 393 g/mol. The van der Waals surface area contributed by atoms with Crippen molar-refractivity contribution in [3.8, 4) is 5.75 Å². The highest BCUT2D eigenvalue weighted by atomic mass is 16.4. The minimum absolute atomic E-state index is 0.0753. The number of carbonyl (C=O) groups excluding carboxylic acids is 1. The summed E-state index contributed by atoms with van der Waals surface area (Å²) in [6.07, 6.45) is 8.66. The molecule has 1 aromatic rings. The van der Waals surface area contributed by atoms with E-state index in [1.807, 2.05) is 0 Å². The van der Waals surface area contributed by atoms with Crippen molar-refractivity contribution in [2.24, 2.45) is 5.92 Å². The monoisotopic (exact) mass is 392 g/mol. The number of carbonyl (C=O) groups is 1. The second-order valence-corrected chi connectivity index (χ2v) is 8.36. The van der Waals surface area contributed by atoms with Gasteiger partial charge in [0.15, 0.2) is 0 Å². The molecule has 0 aliphatic heterocycles. The highest BCUT2D eigenvalue weighted by molar-refractivity contribution is 5.85. The number of Topliss-reactive ketones (excluding diaryl/α,β-unsaturated/α-hetero) is 1. The SMILES string of the molecule is CCCCc1c([C@H](CCCC)C(=O)CCC(C)C)oc(=O)c(CCCC)c1O. The van der Waals surface area contributed by atoms with Crippen molar-refractivity contribution in [3.63, 3.8) is 0 Å². The zero-order valence-corrected chi connectivity index (χ0v) is 18.6. The molecule has 1 heterocycles. The van der Waals surface area contributed by atoms with Crippen molar-refractivity contribution in [2.45, 2.75) is 111 Å². The third kappa shape index (κ3) is 7.10. The largest absolute Gasteiger partial charge is 0.507 e. The van der Waals surface area contributed by atoms with Crippen molar-refractivity contribution in [1.29, 1.82) is 0 Å². The van der Waals surface area contributed by atoms with Crippen molar-refractivity contribution >= 4 is 5.78 Å². The molecule has 1 N–H and O–H groups in total. The lowest BCUT2D eigenvalue weighted by molar-refractivity contribution is -0.121. The van der Waals surface area contributed by atoms with Crippen LogP contribution < -0.4 is 5.63 Å². The standard InChI is InChI=1S/C24H40O4/c1-6-9-12-18(21(25)16-15-17(4)5)23-19(13-10-7-2)22(26)20(14-11-8-3)24(27)28-23/h17-18,26H,6-16H2,1-5H3/t18-/m1/s1. The molecule has 0 radical (unpaired) electrons. The van der Waals surface area contributed by atoms with E-state index in [0.29, 0.717) is 48.5 Å². The van der Waals surface area contributed by atoms with Gasteiger partial charge in [0.2, 0.25) is 0 Å². The van der Waals surface area contributed by atoms with Crippen LogP contribution in [0, 0.1) is 5.92 Å². The van der Waals surface area contributed by atoms with E-state index in [-0.39, 0.29) is 11.5 Å². The summed E-state index contributed by atoms with van der Waals surface area (Å²) in [5, 5.41) is 10.9. The molecule has 160 valence electrons. The normalized spacial score (nSPS) is 12.5. The van der Waals surface area contributed by atoms with E-state index in [1.54, 1.807) is 0 Å². The highest BCUT2D eigenvalue weighted by Gasteiger charge is 2.29. The van der Waals surface area contributed by atoms with Gasteiger partial charge in [-0.15, -0.1) is 0 Å². The predicted molar refractivity (Wildman–Crippen MR) is 115 cm³/mol. The molecular weight excluding hydrogens is 352 g/mol. The molecule has 4 nitrogen and oxygen atoms in total. The summed E-state index contributed by atoms with van der Waals surface area (Å²) in [5.74, 6) is 0.657. The zero-order chi connectivity index (χ0) is 21.1. The molecule has 0 aliphatic carbocycles. The summed E-state index contributed by atoms with van der Waals surface area (Å²) in [6.45, 7) is 10.5. The van der Waals surface area contributed by atoms with Crippen LogP contribution in [-0.2, 0) is 17.6 Å². The summed E-state index contributed by atoms with van der Waals surface area (Å²) in [5.41, 5.74) is 0.589. The third-order valence-electron chi connectivity index (χ3n) is 5.40. The molecule has 0 bridgehead atoms. The van der Waals surface area contributed by atoms with Gasteiger partial charge in [-0.25, -0.2) is 4.79 Å². The summed E-state index contributed by atoms with van der Waals surface area (Å²) >= 11 is 0. The Morgan fingerprint density at radius 2 is 1.50 bits per heavy atom. The Kier molecular flexibility index (Phi) is 11.2. The maximum atomic E-state index is 13.0. The van der Waals surface area contributed by atoms with Crippen molar-refractivity contribution in [3.05, 3.63) is 27.3 Å². The first-order valence-corrected chi connectivity index (χ1v) is 11.3. The van der Waals surface area contributed by atoms with Crippen LogP contribution in [0.3, 0.4) is 0 Å². The van der Waals surface area contributed by atoms with Gasteiger partial charge in [-0.3, -0.25) is 4.79 Å². The Morgan fingerprint density at radius 1 is 0.929 bits per heavy atom. The number of unbranched alkanes of at least 4 members (excludes halogenated alkanes) is 3. The van der Waals surface area contributed by atoms with E-state index in [4.69, 9.17) is 4.42 Å². The van der Waals surface area contributed by atoms with E-state index in [0.717, 1.165) is 44.9 Å². The van der Waals surface area contributed by atoms with Gasteiger partial charge in [-0.2, -0.15) is 0 Å². The lowest BCUT2D eigenvalue weighted by Crippen LogP contribution is -2.20. The molecule has 0 aromatic carbocycles. The fourth-order valence-corrected chi connectivity index (χ4v) is 3.52. The van der Waals surface area contributed by atoms with Crippen LogP contribution in [0.1, 0.15) is 115 Å². The molecule has 0 amide bonds. The lowest BCUT2D eigenvalue weighted by atomic mass is 9.86. The molecule has 0 saturated heterocycles. The van der Waals surface area contributed by atoms with E-state index >= 15 is 0 Å². The number of aromatic hydroxyl groups is 1. The van der Waals surface area contributed by atoms with Crippen molar-refractivity contribution in [2.75, 3.05) is 0 Å². The summed E-state index contributed by atoms with van der Waals surface area (Å²) in [6, 6.07) is 0. The second kappa shape index (κ2) is 12.8. The van der Waals surface area contributed by atoms with Crippen LogP contribution in [0.2, 0.25) is 0 Å². The van der Waals surface area contributed by atoms with Crippen molar-refractivity contribution in [1.82, 2.24) is 0 Å². The summed E-state index contributed by atoms with van der Waals surface area (Å²) in [7, 11) is 0. The maximum Gasteiger partial charge on any atom is 0.342 e. The smallest absolute Gasteiger partial charge is 0.342 e. The lowest BCUT2D eigenvalue weighted by Gasteiger charge is -2.20. The molecule has 0 aliphatic rings. The Morgan fingerprint density at radius 3 is 2.04 bits per heavy atom. The van der Waals surface area contributed by atoms with Gasteiger partial charge in [0, 0.05) is 12.0 Å². The van der Waals surface area contributed by atoms with Crippen LogP contribution in [0.5, 0.6) is 5.75 Å². The van der Waals surface area contributed by atoms with Gasteiger partial charge in [0.1, 0.15) is 17.3 Å². The van der Waals surface area contributed by atoms with Crippen LogP contribution >= 0.6 is 0 Å². The van der Waals surface area contributed by atoms with Gasteiger partial charge in [0.05, 0.1) is 11.5 Å². The van der Waals surface area contributed by atoms with Gasteiger partial charge in [-0.05, 0) is 44.4 Å². The Labute approximate surface area is 170 Å². The van der Waals surface area contributed by atoms with Crippen molar-refractivity contribution < 1.29 is 14.3 Å². The van der Waals surface area contributed by atoms with E-state index in [9.17, 15) is 14.7 Å². The summed E-state index contributed by atoms with van der Waals surface area (Å²) in [4.78, 5) is 25.6. The Hall–Kier alpha value is -1.58. The third-order valence-corrected chi connectivity index (χ3v) is 5.40. The van der Waals surface area contributed by atoms with E-state index in [2.05, 4.69) is 34.6 Å². The van der Waals surface area contributed by atoms with Gasteiger partial charge < -0.3 is 9.52 Å². The highest BCUT2D eigenvalue weighted by Crippen LogP contribution is 2.34. The number of ketones is 1. The molecule has 0 spiro atoms.